The highest BCUT2D eigenvalue weighted by molar-refractivity contribution is 6.33. The normalized spacial score (nSPS) is 15.6. The van der Waals surface area contributed by atoms with Crippen LogP contribution in [0.15, 0.2) is 42.6 Å². The average molecular weight is 434 g/mol. The van der Waals surface area contributed by atoms with E-state index in [1.807, 2.05) is 18.2 Å². The smallest absolute Gasteiger partial charge is 0.330 e. The van der Waals surface area contributed by atoms with Crippen molar-refractivity contribution in [3.63, 3.8) is 0 Å². The van der Waals surface area contributed by atoms with E-state index < -0.39 is 0 Å². The topological polar surface area (TPSA) is 54.5 Å². The number of benzene rings is 1. The van der Waals surface area contributed by atoms with Crippen molar-refractivity contribution in [1.29, 1.82) is 0 Å². The first kappa shape index (κ1) is 21.6. The summed E-state index contributed by atoms with van der Waals surface area (Å²) in [6.45, 7) is 4.96. The lowest BCUT2D eigenvalue weighted by Crippen LogP contribution is -2.38. The van der Waals surface area contributed by atoms with E-state index in [-0.39, 0.29) is 5.97 Å². The first-order valence-corrected chi connectivity index (χ1v) is 10.5. The number of esters is 1. The molecule has 0 bridgehead atoms. The molecule has 0 aliphatic carbocycles. The van der Waals surface area contributed by atoms with Crippen LogP contribution >= 0.6 is 23.2 Å². The Morgan fingerprint density at radius 2 is 2.03 bits per heavy atom. The summed E-state index contributed by atoms with van der Waals surface area (Å²) in [6.07, 6.45) is 6.73. The van der Waals surface area contributed by atoms with Crippen LogP contribution in [-0.2, 0) is 16.1 Å². The van der Waals surface area contributed by atoms with Gasteiger partial charge in [-0.1, -0.05) is 41.4 Å². The molecule has 5 nitrogen and oxygen atoms in total. The maximum Gasteiger partial charge on any atom is 0.330 e. The number of rotatable bonds is 7. The zero-order chi connectivity index (χ0) is 20.6. The lowest BCUT2D eigenvalue weighted by Gasteiger charge is -2.33. The van der Waals surface area contributed by atoms with Gasteiger partial charge in [-0.05, 0) is 49.1 Å². The predicted molar refractivity (Wildman–Crippen MR) is 118 cm³/mol. The number of carbonyl (C=O) groups excluding carboxylic acids is 1. The molecule has 0 amide bonds. The standard InChI is InChI=1S/C22H25Cl2N3O2/c1-2-29-21(28)8-7-16-13-20(24)22(25-14-16)26-18-9-11-27(12-10-18)15-17-5-3-4-6-19(17)23/h3-8,13-14,18H,2,9-12,15H2,1H3,(H,25,26). The monoisotopic (exact) mass is 433 g/mol. The Balaban J connectivity index is 1.51. The van der Waals surface area contributed by atoms with E-state index in [4.69, 9.17) is 27.9 Å². The molecule has 29 heavy (non-hydrogen) atoms. The Morgan fingerprint density at radius 3 is 2.72 bits per heavy atom. The zero-order valence-corrected chi connectivity index (χ0v) is 17.9. The van der Waals surface area contributed by atoms with Crippen molar-refractivity contribution >= 4 is 41.1 Å². The second-order valence-corrected chi connectivity index (χ2v) is 7.79. The summed E-state index contributed by atoms with van der Waals surface area (Å²) >= 11 is 12.7. The highest BCUT2D eigenvalue weighted by Crippen LogP contribution is 2.25. The Kier molecular flexibility index (Phi) is 7.92. The first-order valence-electron chi connectivity index (χ1n) is 9.78. The Hall–Kier alpha value is -2.08. The molecular weight excluding hydrogens is 409 g/mol. The minimum Gasteiger partial charge on any atom is -0.463 e. The number of nitrogens with zero attached hydrogens (tertiary/aromatic N) is 2. The van der Waals surface area contributed by atoms with Crippen LogP contribution in [0, 0.1) is 0 Å². The summed E-state index contributed by atoms with van der Waals surface area (Å²) in [5, 5.41) is 4.80. The van der Waals surface area contributed by atoms with Crippen molar-refractivity contribution in [3.05, 3.63) is 63.8 Å². The molecule has 2 aromatic rings. The van der Waals surface area contributed by atoms with E-state index in [0.717, 1.165) is 48.6 Å². The van der Waals surface area contributed by atoms with E-state index in [9.17, 15) is 4.79 Å². The number of carbonyl (C=O) groups is 1. The molecule has 0 radical (unpaired) electrons. The molecule has 0 spiro atoms. The number of nitrogens with one attached hydrogen (secondary N) is 1. The molecule has 1 saturated heterocycles. The lowest BCUT2D eigenvalue weighted by atomic mass is 10.0. The van der Waals surface area contributed by atoms with Crippen LogP contribution < -0.4 is 5.32 Å². The largest absolute Gasteiger partial charge is 0.463 e. The van der Waals surface area contributed by atoms with Crippen LogP contribution in [0.3, 0.4) is 0 Å². The van der Waals surface area contributed by atoms with Crippen molar-refractivity contribution in [2.75, 3.05) is 25.0 Å². The Morgan fingerprint density at radius 1 is 1.28 bits per heavy atom. The minimum atomic E-state index is -0.380. The molecule has 2 heterocycles. The molecule has 1 aliphatic heterocycles. The number of piperidine rings is 1. The van der Waals surface area contributed by atoms with Gasteiger partial charge in [-0.2, -0.15) is 0 Å². The van der Waals surface area contributed by atoms with Crippen LogP contribution in [0.4, 0.5) is 5.82 Å². The lowest BCUT2D eigenvalue weighted by molar-refractivity contribution is -0.137. The van der Waals surface area contributed by atoms with E-state index in [2.05, 4.69) is 21.3 Å². The molecule has 0 atom stereocenters. The summed E-state index contributed by atoms with van der Waals surface area (Å²) in [7, 11) is 0. The van der Waals surface area contributed by atoms with Crippen LogP contribution in [0.1, 0.15) is 30.9 Å². The number of hydrogen-bond donors (Lipinski definition) is 1. The number of aromatic nitrogens is 1. The van der Waals surface area contributed by atoms with E-state index in [1.54, 1.807) is 25.3 Å². The molecule has 1 fully saturated rings. The molecule has 3 rings (SSSR count). The van der Waals surface area contributed by atoms with Gasteiger partial charge in [0.15, 0.2) is 0 Å². The van der Waals surface area contributed by atoms with Gasteiger partial charge in [-0.25, -0.2) is 9.78 Å². The quantitative estimate of drug-likeness (QED) is 0.489. The van der Waals surface area contributed by atoms with Crippen LogP contribution in [0.25, 0.3) is 6.08 Å². The second kappa shape index (κ2) is 10.6. The van der Waals surface area contributed by atoms with E-state index >= 15 is 0 Å². The highest BCUT2D eigenvalue weighted by Gasteiger charge is 2.20. The fraction of sp³-hybridized carbons (Fsp3) is 0.364. The maximum atomic E-state index is 11.4. The molecule has 1 aliphatic rings. The number of ether oxygens (including phenoxy) is 1. The summed E-state index contributed by atoms with van der Waals surface area (Å²) in [4.78, 5) is 18.2. The number of likely N-dealkylation sites (tertiary alicyclic amines) is 1. The Bertz CT molecular complexity index is 865. The number of halogens is 2. The van der Waals surface area contributed by atoms with Gasteiger partial charge in [0.2, 0.25) is 0 Å². The van der Waals surface area contributed by atoms with Gasteiger partial charge >= 0.3 is 5.97 Å². The maximum absolute atomic E-state index is 11.4. The van der Waals surface area contributed by atoms with Gasteiger partial charge in [0, 0.05) is 43.0 Å². The summed E-state index contributed by atoms with van der Waals surface area (Å²) in [5.41, 5.74) is 1.92. The van der Waals surface area contributed by atoms with Crippen molar-refractivity contribution in [3.8, 4) is 0 Å². The summed E-state index contributed by atoms with van der Waals surface area (Å²) in [5.74, 6) is 0.291. The zero-order valence-electron chi connectivity index (χ0n) is 16.4. The van der Waals surface area contributed by atoms with Crippen LogP contribution in [-0.4, -0.2) is 41.6 Å². The van der Waals surface area contributed by atoms with Crippen molar-refractivity contribution in [1.82, 2.24) is 9.88 Å². The number of hydrogen-bond acceptors (Lipinski definition) is 5. The van der Waals surface area contributed by atoms with Gasteiger partial charge in [0.25, 0.3) is 0 Å². The molecule has 1 aromatic heterocycles. The number of anilines is 1. The third kappa shape index (κ3) is 6.46. The second-order valence-electron chi connectivity index (χ2n) is 6.97. The molecule has 0 unspecified atom stereocenters. The molecule has 0 saturated carbocycles. The molecule has 1 aromatic carbocycles. The molecule has 154 valence electrons. The van der Waals surface area contributed by atoms with Crippen LogP contribution in [0.5, 0.6) is 0 Å². The molecular formula is C22H25Cl2N3O2. The molecule has 1 N–H and O–H groups in total. The fourth-order valence-electron chi connectivity index (χ4n) is 3.30. The van der Waals surface area contributed by atoms with Gasteiger partial charge < -0.3 is 10.1 Å². The van der Waals surface area contributed by atoms with Crippen molar-refractivity contribution in [2.45, 2.75) is 32.4 Å². The van der Waals surface area contributed by atoms with Gasteiger partial charge in [-0.3, -0.25) is 4.90 Å². The summed E-state index contributed by atoms with van der Waals surface area (Å²) in [6, 6.07) is 10.1. The highest BCUT2D eigenvalue weighted by atomic mass is 35.5. The van der Waals surface area contributed by atoms with Gasteiger partial charge in [0.1, 0.15) is 5.82 Å². The SMILES string of the molecule is CCOC(=O)C=Cc1cnc(NC2CCN(Cc3ccccc3Cl)CC2)c(Cl)c1. The van der Waals surface area contributed by atoms with Crippen LogP contribution in [0.2, 0.25) is 10.0 Å². The van der Waals surface area contributed by atoms with E-state index in [0.29, 0.717) is 23.5 Å². The number of pyridine rings is 1. The third-order valence-electron chi connectivity index (χ3n) is 4.84. The predicted octanol–water partition coefficient (Wildman–Crippen LogP) is 5.04. The Labute approximate surface area is 181 Å². The minimum absolute atomic E-state index is 0.323. The average Bonchev–Trinajstić information content (AvgIpc) is 2.71. The van der Waals surface area contributed by atoms with Gasteiger partial charge in [-0.15, -0.1) is 0 Å². The summed E-state index contributed by atoms with van der Waals surface area (Å²) < 4.78 is 4.87. The third-order valence-corrected chi connectivity index (χ3v) is 5.50. The molecule has 7 heteroatoms. The van der Waals surface area contributed by atoms with E-state index in [1.165, 1.54) is 6.08 Å². The van der Waals surface area contributed by atoms with Crippen molar-refractivity contribution < 1.29 is 9.53 Å². The first-order chi connectivity index (χ1) is 14.0. The van der Waals surface area contributed by atoms with Gasteiger partial charge in [0.05, 0.1) is 11.6 Å². The van der Waals surface area contributed by atoms with Crippen molar-refractivity contribution in [2.24, 2.45) is 0 Å². The fourth-order valence-corrected chi connectivity index (χ4v) is 3.73.